The number of hydrogen-bond donors (Lipinski definition) is 1. The predicted molar refractivity (Wildman–Crippen MR) is 50.2 cm³/mol. The average Bonchev–Trinajstić information content (AvgIpc) is 2.09. The smallest absolute Gasteiger partial charge is 0.303 e. The second-order valence-corrected chi connectivity index (χ2v) is 3.06. The molecule has 0 aliphatic rings. The number of halogens is 1. The lowest BCUT2D eigenvalue weighted by Gasteiger charge is -1.97. The molecule has 3 heteroatoms. The van der Waals surface area contributed by atoms with E-state index < -0.39 is 5.97 Å². The Morgan fingerprint density at radius 3 is 2.38 bits per heavy atom. The number of carboxylic acid groups (broad SMARTS) is 1. The van der Waals surface area contributed by atoms with E-state index in [0.717, 1.165) is 38.5 Å². The lowest BCUT2D eigenvalue weighted by Crippen LogP contribution is -1.93. The third kappa shape index (κ3) is 11.1. The molecule has 0 aromatic rings. The number of allylic oxidation sites excluding steroid dienone is 1. The fraction of sp³-hybridized carbons (Fsp3) is 0.700. The van der Waals surface area contributed by atoms with Crippen LogP contribution < -0.4 is 0 Å². The Morgan fingerprint density at radius 2 is 1.77 bits per heavy atom. The lowest BCUT2D eigenvalue weighted by molar-refractivity contribution is -0.137. The molecule has 0 bridgehead atoms. The van der Waals surface area contributed by atoms with Crippen LogP contribution in [0.1, 0.15) is 44.9 Å². The molecule has 1 N–H and O–H groups in total. The highest BCUT2D eigenvalue weighted by molar-refractivity contribution is 5.66. The van der Waals surface area contributed by atoms with Crippen LogP contribution in [0.3, 0.4) is 0 Å². The normalized spacial score (nSPS) is 10.8. The standard InChI is InChI=1S/C10H17FO2/c11-9-7-5-3-1-2-4-6-8-10(12)13/h7,9H,1-6,8H2,(H,12,13)/b9-7+. The molecule has 0 aromatic carbocycles. The van der Waals surface area contributed by atoms with Gasteiger partial charge in [-0.05, 0) is 19.3 Å². The molecule has 0 unspecified atom stereocenters. The van der Waals surface area contributed by atoms with Gasteiger partial charge in [0, 0.05) is 6.42 Å². The van der Waals surface area contributed by atoms with Crippen molar-refractivity contribution in [2.45, 2.75) is 44.9 Å². The van der Waals surface area contributed by atoms with Crippen LogP contribution >= 0.6 is 0 Å². The van der Waals surface area contributed by atoms with Gasteiger partial charge in [-0.2, -0.15) is 0 Å². The summed E-state index contributed by atoms with van der Waals surface area (Å²) in [6.45, 7) is 0. The van der Waals surface area contributed by atoms with E-state index >= 15 is 0 Å². The molecular weight excluding hydrogens is 171 g/mol. The molecule has 0 amide bonds. The summed E-state index contributed by atoms with van der Waals surface area (Å²) in [5, 5.41) is 8.34. The molecule has 0 aliphatic heterocycles. The van der Waals surface area contributed by atoms with Gasteiger partial charge in [0.2, 0.25) is 0 Å². The first kappa shape index (κ1) is 12.1. The first-order valence-electron chi connectivity index (χ1n) is 4.74. The zero-order chi connectivity index (χ0) is 9.94. The number of aliphatic carboxylic acids is 1. The highest BCUT2D eigenvalue weighted by Gasteiger charge is 1.95. The van der Waals surface area contributed by atoms with Crippen molar-refractivity contribution in [2.75, 3.05) is 0 Å². The number of carboxylic acids is 1. The SMILES string of the molecule is O=C(O)CCCCCCC/C=C/F. The summed E-state index contributed by atoms with van der Waals surface area (Å²) in [4.78, 5) is 10.1. The molecule has 0 fully saturated rings. The molecule has 0 saturated carbocycles. The van der Waals surface area contributed by atoms with E-state index in [1.165, 1.54) is 6.08 Å². The topological polar surface area (TPSA) is 37.3 Å². The van der Waals surface area contributed by atoms with Crippen molar-refractivity contribution in [3.63, 3.8) is 0 Å². The van der Waals surface area contributed by atoms with Crippen molar-refractivity contribution in [1.29, 1.82) is 0 Å². The maximum Gasteiger partial charge on any atom is 0.303 e. The third-order valence-corrected chi connectivity index (χ3v) is 1.85. The summed E-state index contributed by atoms with van der Waals surface area (Å²) < 4.78 is 11.5. The van der Waals surface area contributed by atoms with Crippen molar-refractivity contribution < 1.29 is 14.3 Å². The minimum atomic E-state index is -0.722. The zero-order valence-corrected chi connectivity index (χ0v) is 7.84. The van der Waals surface area contributed by atoms with Gasteiger partial charge in [0.25, 0.3) is 0 Å². The van der Waals surface area contributed by atoms with E-state index in [2.05, 4.69) is 0 Å². The Hall–Kier alpha value is -0.860. The largest absolute Gasteiger partial charge is 0.481 e. The van der Waals surface area contributed by atoms with E-state index in [9.17, 15) is 9.18 Å². The Bertz CT molecular complexity index is 155. The van der Waals surface area contributed by atoms with Crippen LogP contribution in [0.25, 0.3) is 0 Å². The van der Waals surface area contributed by atoms with Crippen LogP contribution in [-0.2, 0) is 4.79 Å². The van der Waals surface area contributed by atoms with Crippen molar-refractivity contribution >= 4 is 5.97 Å². The molecule has 0 spiro atoms. The number of hydrogen-bond acceptors (Lipinski definition) is 1. The Kier molecular flexibility index (Phi) is 8.62. The quantitative estimate of drug-likeness (QED) is 0.593. The van der Waals surface area contributed by atoms with E-state index in [1.54, 1.807) is 0 Å². The van der Waals surface area contributed by atoms with Gasteiger partial charge in [0.15, 0.2) is 0 Å². The van der Waals surface area contributed by atoms with E-state index in [1.807, 2.05) is 0 Å². The highest BCUT2D eigenvalue weighted by atomic mass is 19.1. The van der Waals surface area contributed by atoms with Gasteiger partial charge in [0.1, 0.15) is 0 Å². The molecule has 0 atom stereocenters. The molecule has 0 saturated heterocycles. The second kappa shape index (κ2) is 9.23. The summed E-state index contributed by atoms with van der Waals surface area (Å²) in [6.07, 6.45) is 7.96. The second-order valence-electron chi connectivity index (χ2n) is 3.06. The van der Waals surface area contributed by atoms with Crippen molar-refractivity contribution in [1.82, 2.24) is 0 Å². The number of rotatable bonds is 8. The number of carbonyl (C=O) groups is 1. The highest BCUT2D eigenvalue weighted by Crippen LogP contribution is 2.07. The fourth-order valence-electron chi connectivity index (χ4n) is 1.13. The van der Waals surface area contributed by atoms with Crippen molar-refractivity contribution in [3.05, 3.63) is 12.4 Å². The Morgan fingerprint density at radius 1 is 1.15 bits per heavy atom. The molecule has 2 nitrogen and oxygen atoms in total. The van der Waals surface area contributed by atoms with Gasteiger partial charge in [-0.15, -0.1) is 0 Å². The van der Waals surface area contributed by atoms with Gasteiger partial charge in [-0.3, -0.25) is 4.79 Å². The minimum absolute atomic E-state index is 0.268. The van der Waals surface area contributed by atoms with E-state index in [0.29, 0.717) is 6.33 Å². The van der Waals surface area contributed by atoms with Crippen LogP contribution in [0.5, 0.6) is 0 Å². The summed E-state index contributed by atoms with van der Waals surface area (Å²) in [7, 11) is 0. The van der Waals surface area contributed by atoms with Crippen LogP contribution in [0.15, 0.2) is 12.4 Å². The third-order valence-electron chi connectivity index (χ3n) is 1.85. The van der Waals surface area contributed by atoms with Crippen molar-refractivity contribution in [3.8, 4) is 0 Å². The summed E-state index contributed by atoms with van der Waals surface area (Å²) >= 11 is 0. The van der Waals surface area contributed by atoms with Crippen LogP contribution in [0, 0.1) is 0 Å². The molecule has 0 aliphatic carbocycles. The first-order valence-corrected chi connectivity index (χ1v) is 4.74. The van der Waals surface area contributed by atoms with Crippen LogP contribution in [0.4, 0.5) is 4.39 Å². The molecule has 13 heavy (non-hydrogen) atoms. The van der Waals surface area contributed by atoms with Gasteiger partial charge in [-0.1, -0.05) is 25.3 Å². The fourth-order valence-corrected chi connectivity index (χ4v) is 1.13. The Balaban J connectivity index is 2.95. The molecular formula is C10H17FO2. The molecule has 0 radical (unpaired) electrons. The summed E-state index contributed by atoms with van der Waals surface area (Å²) in [6, 6.07) is 0. The summed E-state index contributed by atoms with van der Waals surface area (Å²) in [5.74, 6) is -0.722. The van der Waals surface area contributed by atoms with Crippen molar-refractivity contribution in [2.24, 2.45) is 0 Å². The number of unbranched alkanes of at least 4 members (excludes halogenated alkanes) is 5. The molecule has 0 rings (SSSR count). The average molecular weight is 188 g/mol. The van der Waals surface area contributed by atoms with Gasteiger partial charge >= 0.3 is 5.97 Å². The van der Waals surface area contributed by atoms with Gasteiger partial charge in [0.05, 0.1) is 6.33 Å². The van der Waals surface area contributed by atoms with E-state index in [-0.39, 0.29) is 6.42 Å². The van der Waals surface area contributed by atoms with Crippen LogP contribution in [-0.4, -0.2) is 11.1 Å². The first-order chi connectivity index (χ1) is 6.27. The molecule has 0 aromatic heterocycles. The molecule has 76 valence electrons. The maximum absolute atomic E-state index is 11.5. The summed E-state index contributed by atoms with van der Waals surface area (Å²) in [5.41, 5.74) is 0. The Labute approximate surface area is 78.5 Å². The predicted octanol–water partition coefficient (Wildman–Crippen LogP) is 3.28. The molecule has 0 heterocycles. The van der Waals surface area contributed by atoms with Gasteiger partial charge < -0.3 is 5.11 Å². The monoisotopic (exact) mass is 188 g/mol. The van der Waals surface area contributed by atoms with E-state index in [4.69, 9.17) is 5.11 Å². The maximum atomic E-state index is 11.5. The van der Waals surface area contributed by atoms with Gasteiger partial charge in [-0.25, -0.2) is 4.39 Å². The van der Waals surface area contributed by atoms with Crippen LogP contribution in [0.2, 0.25) is 0 Å². The zero-order valence-electron chi connectivity index (χ0n) is 7.84. The lowest BCUT2D eigenvalue weighted by atomic mass is 10.1. The minimum Gasteiger partial charge on any atom is -0.481 e.